The van der Waals surface area contributed by atoms with Crippen LogP contribution in [0.1, 0.15) is 25.8 Å². The molecule has 3 N–H and O–H groups in total. The lowest BCUT2D eigenvalue weighted by atomic mass is 9.88. The Kier molecular flexibility index (Phi) is 4.16. The SMILES string of the molecule is Cc1ccccc1N(C)CCC(C)(C)C(=N)N. The number of hydrogen-bond acceptors (Lipinski definition) is 2. The van der Waals surface area contributed by atoms with Gasteiger partial charge in [0, 0.05) is 24.7 Å². The third-order valence-corrected chi connectivity index (χ3v) is 3.33. The van der Waals surface area contributed by atoms with Gasteiger partial charge in [0.05, 0.1) is 5.84 Å². The maximum atomic E-state index is 7.55. The van der Waals surface area contributed by atoms with E-state index in [0.29, 0.717) is 0 Å². The van der Waals surface area contributed by atoms with E-state index in [4.69, 9.17) is 11.1 Å². The minimum atomic E-state index is -0.225. The molecule has 94 valence electrons. The zero-order chi connectivity index (χ0) is 13.1. The molecule has 0 atom stereocenters. The topological polar surface area (TPSA) is 53.1 Å². The summed E-state index contributed by atoms with van der Waals surface area (Å²) >= 11 is 0. The van der Waals surface area contributed by atoms with E-state index in [0.717, 1.165) is 13.0 Å². The summed E-state index contributed by atoms with van der Waals surface area (Å²) in [7, 11) is 2.08. The molecule has 17 heavy (non-hydrogen) atoms. The molecule has 3 nitrogen and oxygen atoms in total. The second-order valence-corrected chi connectivity index (χ2v) is 5.26. The Labute approximate surface area is 104 Å². The van der Waals surface area contributed by atoms with Gasteiger partial charge in [0.1, 0.15) is 0 Å². The number of rotatable bonds is 5. The fourth-order valence-electron chi connectivity index (χ4n) is 1.69. The fourth-order valence-corrected chi connectivity index (χ4v) is 1.69. The van der Waals surface area contributed by atoms with Gasteiger partial charge in [-0.2, -0.15) is 0 Å². The lowest BCUT2D eigenvalue weighted by Crippen LogP contribution is -2.34. The summed E-state index contributed by atoms with van der Waals surface area (Å²) in [5.74, 6) is 0.260. The number of para-hydroxylation sites is 1. The number of hydrogen-bond donors (Lipinski definition) is 2. The molecule has 0 amide bonds. The van der Waals surface area contributed by atoms with Crippen molar-refractivity contribution in [1.29, 1.82) is 5.41 Å². The summed E-state index contributed by atoms with van der Waals surface area (Å²) in [6, 6.07) is 8.33. The first kappa shape index (κ1) is 13.6. The number of amidine groups is 1. The Morgan fingerprint density at radius 3 is 2.47 bits per heavy atom. The van der Waals surface area contributed by atoms with Crippen LogP contribution in [0.25, 0.3) is 0 Å². The van der Waals surface area contributed by atoms with Crippen LogP contribution in [0.2, 0.25) is 0 Å². The molecule has 0 saturated carbocycles. The van der Waals surface area contributed by atoms with Crippen LogP contribution in [0.4, 0.5) is 5.69 Å². The molecule has 0 unspecified atom stereocenters. The van der Waals surface area contributed by atoms with Gasteiger partial charge < -0.3 is 10.6 Å². The highest BCUT2D eigenvalue weighted by atomic mass is 15.1. The molecule has 0 aliphatic heterocycles. The predicted molar refractivity (Wildman–Crippen MR) is 74.8 cm³/mol. The zero-order valence-corrected chi connectivity index (χ0v) is 11.2. The van der Waals surface area contributed by atoms with Crippen molar-refractivity contribution in [3.8, 4) is 0 Å². The molecule has 0 spiro atoms. The molecule has 0 aromatic heterocycles. The van der Waals surface area contributed by atoms with Gasteiger partial charge in [-0.25, -0.2) is 0 Å². The van der Waals surface area contributed by atoms with E-state index in [2.05, 4.69) is 37.1 Å². The number of nitrogens with one attached hydrogen (secondary N) is 1. The van der Waals surface area contributed by atoms with Crippen molar-refractivity contribution in [3.63, 3.8) is 0 Å². The molecule has 1 aromatic rings. The summed E-state index contributed by atoms with van der Waals surface area (Å²) < 4.78 is 0. The number of nitrogens with zero attached hydrogens (tertiary/aromatic N) is 1. The highest BCUT2D eigenvalue weighted by Crippen LogP contribution is 2.23. The first-order valence-corrected chi connectivity index (χ1v) is 5.96. The van der Waals surface area contributed by atoms with Gasteiger partial charge in [-0.3, -0.25) is 5.41 Å². The van der Waals surface area contributed by atoms with E-state index in [9.17, 15) is 0 Å². The second-order valence-electron chi connectivity index (χ2n) is 5.26. The van der Waals surface area contributed by atoms with Crippen LogP contribution in [-0.4, -0.2) is 19.4 Å². The van der Waals surface area contributed by atoms with E-state index in [1.54, 1.807) is 0 Å². The monoisotopic (exact) mass is 233 g/mol. The summed E-state index contributed by atoms with van der Waals surface area (Å²) in [5.41, 5.74) is 7.88. The van der Waals surface area contributed by atoms with Gasteiger partial charge in [0.25, 0.3) is 0 Å². The maximum absolute atomic E-state index is 7.55. The first-order valence-electron chi connectivity index (χ1n) is 5.96. The van der Waals surface area contributed by atoms with E-state index < -0.39 is 0 Å². The van der Waals surface area contributed by atoms with Crippen LogP contribution in [0.3, 0.4) is 0 Å². The van der Waals surface area contributed by atoms with E-state index >= 15 is 0 Å². The van der Waals surface area contributed by atoms with E-state index in [-0.39, 0.29) is 11.3 Å². The number of nitrogens with two attached hydrogens (primary N) is 1. The molecule has 0 fully saturated rings. The van der Waals surface area contributed by atoms with Crippen LogP contribution in [0.5, 0.6) is 0 Å². The summed E-state index contributed by atoms with van der Waals surface area (Å²) in [4.78, 5) is 2.22. The minimum absolute atomic E-state index is 0.225. The van der Waals surface area contributed by atoms with E-state index in [1.165, 1.54) is 11.3 Å². The lowest BCUT2D eigenvalue weighted by molar-refractivity contribution is 0.471. The quantitative estimate of drug-likeness (QED) is 0.607. The van der Waals surface area contributed by atoms with Gasteiger partial charge >= 0.3 is 0 Å². The van der Waals surface area contributed by atoms with Crippen LogP contribution in [0.15, 0.2) is 24.3 Å². The molecular weight excluding hydrogens is 210 g/mol. The van der Waals surface area contributed by atoms with Crippen molar-refractivity contribution in [2.75, 3.05) is 18.5 Å². The van der Waals surface area contributed by atoms with Crippen molar-refractivity contribution in [2.24, 2.45) is 11.1 Å². The highest BCUT2D eigenvalue weighted by molar-refractivity contribution is 5.82. The van der Waals surface area contributed by atoms with Crippen molar-refractivity contribution < 1.29 is 0 Å². The normalized spacial score (nSPS) is 11.3. The molecule has 0 aliphatic carbocycles. The average Bonchev–Trinajstić information content (AvgIpc) is 2.26. The molecule has 1 aromatic carbocycles. The van der Waals surface area contributed by atoms with Gasteiger partial charge in [-0.15, -0.1) is 0 Å². The first-order chi connectivity index (χ1) is 7.84. The molecule has 3 heteroatoms. The van der Waals surface area contributed by atoms with E-state index in [1.807, 2.05) is 19.9 Å². The molecule has 0 radical (unpaired) electrons. The van der Waals surface area contributed by atoms with Crippen molar-refractivity contribution in [2.45, 2.75) is 27.2 Å². The van der Waals surface area contributed by atoms with Crippen LogP contribution in [-0.2, 0) is 0 Å². The Bertz CT molecular complexity index is 396. The van der Waals surface area contributed by atoms with Crippen molar-refractivity contribution in [1.82, 2.24) is 0 Å². The number of benzene rings is 1. The molecular formula is C14H23N3. The van der Waals surface area contributed by atoms with Gasteiger partial charge in [0.15, 0.2) is 0 Å². The average molecular weight is 233 g/mol. The lowest BCUT2D eigenvalue weighted by Gasteiger charge is -2.28. The summed E-state index contributed by atoms with van der Waals surface area (Å²) in [5, 5.41) is 7.55. The predicted octanol–water partition coefficient (Wildman–Crippen LogP) is 2.78. The Morgan fingerprint density at radius 1 is 1.35 bits per heavy atom. The molecule has 0 heterocycles. The van der Waals surface area contributed by atoms with Crippen LogP contribution >= 0.6 is 0 Å². The Morgan fingerprint density at radius 2 is 1.94 bits per heavy atom. The molecule has 0 saturated heterocycles. The molecule has 1 rings (SSSR count). The van der Waals surface area contributed by atoms with Crippen LogP contribution in [0, 0.1) is 17.7 Å². The Hall–Kier alpha value is -1.51. The smallest absolute Gasteiger partial charge is 0.0963 e. The Balaban J connectivity index is 2.65. The largest absolute Gasteiger partial charge is 0.387 e. The van der Waals surface area contributed by atoms with Gasteiger partial charge in [-0.05, 0) is 25.0 Å². The zero-order valence-electron chi connectivity index (χ0n) is 11.2. The van der Waals surface area contributed by atoms with Gasteiger partial charge in [-0.1, -0.05) is 32.0 Å². The maximum Gasteiger partial charge on any atom is 0.0963 e. The fraction of sp³-hybridized carbons (Fsp3) is 0.500. The van der Waals surface area contributed by atoms with Gasteiger partial charge in [0.2, 0.25) is 0 Å². The third kappa shape index (κ3) is 3.48. The highest BCUT2D eigenvalue weighted by Gasteiger charge is 2.22. The van der Waals surface area contributed by atoms with Crippen molar-refractivity contribution >= 4 is 11.5 Å². The van der Waals surface area contributed by atoms with Crippen molar-refractivity contribution in [3.05, 3.63) is 29.8 Å². The molecule has 0 aliphatic rings. The second kappa shape index (κ2) is 5.21. The van der Waals surface area contributed by atoms with Crippen LogP contribution < -0.4 is 10.6 Å². The number of anilines is 1. The summed E-state index contributed by atoms with van der Waals surface area (Å²) in [6.07, 6.45) is 0.882. The standard InChI is InChI=1S/C14H23N3/c1-11-7-5-6-8-12(11)17(4)10-9-14(2,3)13(15)16/h5-8H,9-10H2,1-4H3,(H3,15,16). The third-order valence-electron chi connectivity index (χ3n) is 3.33. The minimum Gasteiger partial charge on any atom is -0.387 e. The number of aryl methyl sites for hydroxylation is 1. The molecule has 0 bridgehead atoms. The summed E-state index contributed by atoms with van der Waals surface area (Å²) in [6.45, 7) is 7.04.